The van der Waals surface area contributed by atoms with Crippen molar-refractivity contribution in [1.29, 1.82) is 0 Å². The van der Waals surface area contributed by atoms with Crippen LogP contribution in [-0.4, -0.2) is 28.7 Å². The number of rotatable bonds is 1. The van der Waals surface area contributed by atoms with E-state index in [1.165, 1.54) is 38.5 Å². The molecule has 0 spiro atoms. The molecule has 0 radical (unpaired) electrons. The van der Waals surface area contributed by atoms with Crippen LogP contribution in [0.15, 0.2) is 11.6 Å². The summed E-state index contributed by atoms with van der Waals surface area (Å²) >= 11 is 0. The third kappa shape index (κ3) is 3.49. The van der Waals surface area contributed by atoms with E-state index in [-0.39, 0.29) is 12.1 Å². The van der Waals surface area contributed by atoms with Crippen molar-refractivity contribution < 1.29 is 9.53 Å². The number of amides is 1. The monoisotopic (exact) mass is 305 g/mol. The average Bonchev–Trinajstić information content (AvgIpc) is 2.45. The van der Waals surface area contributed by atoms with Gasteiger partial charge in [0, 0.05) is 6.04 Å². The van der Waals surface area contributed by atoms with E-state index < -0.39 is 5.60 Å². The van der Waals surface area contributed by atoms with Crippen LogP contribution in [0, 0.1) is 5.92 Å². The zero-order valence-corrected chi connectivity index (χ0v) is 14.4. The molecular formula is C19H31NO2. The van der Waals surface area contributed by atoms with Crippen molar-refractivity contribution in [2.45, 2.75) is 96.2 Å². The number of hydrogen-bond donors (Lipinski definition) is 0. The molecule has 1 amide bonds. The fourth-order valence-corrected chi connectivity index (χ4v) is 4.44. The first-order chi connectivity index (χ1) is 10.4. The largest absolute Gasteiger partial charge is 0.444 e. The van der Waals surface area contributed by atoms with Crippen molar-refractivity contribution in [3.05, 3.63) is 11.6 Å². The Morgan fingerprint density at radius 3 is 2.45 bits per heavy atom. The van der Waals surface area contributed by atoms with Gasteiger partial charge in [0.1, 0.15) is 5.60 Å². The second-order valence-electron chi connectivity index (χ2n) is 8.32. The van der Waals surface area contributed by atoms with Gasteiger partial charge in [-0.25, -0.2) is 4.79 Å². The molecule has 2 atom stereocenters. The van der Waals surface area contributed by atoms with Crippen molar-refractivity contribution in [3.8, 4) is 0 Å². The molecule has 2 unspecified atom stereocenters. The zero-order chi connectivity index (χ0) is 15.7. The highest BCUT2D eigenvalue weighted by atomic mass is 16.6. The van der Waals surface area contributed by atoms with Crippen LogP contribution in [-0.2, 0) is 4.74 Å². The minimum Gasteiger partial charge on any atom is -0.444 e. The molecule has 2 aliphatic heterocycles. The molecule has 2 bridgehead atoms. The molecule has 1 aliphatic carbocycles. The van der Waals surface area contributed by atoms with Gasteiger partial charge in [0.2, 0.25) is 0 Å². The second-order valence-corrected chi connectivity index (χ2v) is 8.32. The summed E-state index contributed by atoms with van der Waals surface area (Å²) in [5, 5.41) is 0. The number of hydrogen-bond acceptors (Lipinski definition) is 2. The highest BCUT2D eigenvalue weighted by Gasteiger charge is 2.40. The number of fused-ring (bicyclic) bond motifs is 2. The number of nitrogens with zero attached hydrogens (tertiary/aromatic N) is 1. The van der Waals surface area contributed by atoms with Gasteiger partial charge in [-0.05, 0) is 65.2 Å². The summed E-state index contributed by atoms with van der Waals surface area (Å²) < 4.78 is 5.65. The summed E-state index contributed by atoms with van der Waals surface area (Å²) in [6.07, 6.45) is 13.8. The third-order valence-electron chi connectivity index (χ3n) is 5.40. The number of carbonyl (C=O) groups is 1. The second kappa shape index (κ2) is 6.25. The van der Waals surface area contributed by atoms with E-state index in [2.05, 4.69) is 6.08 Å². The fraction of sp³-hybridized carbons (Fsp3) is 0.842. The third-order valence-corrected chi connectivity index (χ3v) is 5.40. The number of piperidine rings is 1. The van der Waals surface area contributed by atoms with Gasteiger partial charge in [-0.1, -0.05) is 30.9 Å². The molecule has 2 heterocycles. The van der Waals surface area contributed by atoms with Gasteiger partial charge in [0.25, 0.3) is 0 Å². The van der Waals surface area contributed by atoms with E-state index in [0.717, 1.165) is 25.2 Å². The standard InChI is InChI=1S/C19H31NO2/c1-19(2,3)22-18(21)20-16-10-7-11-17(20)13-15(12-16)14-8-5-4-6-9-14/h12,14,16-17H,4-11,13H2,1-3H3. The smallest absolute Gasteiger partial charge is 0.411 e. The lowest BCUT2D eigenvalue weighted by molar-refractivity contribution is -0.00220. The van der Waals surface area contributed by atoms with Crippen LogP contribution in [0.1, 0.15) is 78.6 Å². The molecule has 0 aromatic heterocycles. The Kier molecular flexibility index (Phi) is 4.52. The molecule has 3 heteroatoms. The maximum absolute atomic E-state index is 12.6. The first kappa shape index (κ1) is 15.9. The van der Waals surface area contributed by atoms with Crippen LogP contribution < -0.4 is 0 Å². The molecule has 3 nitrogen and oxygen atoms in total. The van der Waals surface area contributed by atoms with E-state index in [1.54, 1.807) is 5.57 Å². The Morgan fingerprint density at radius 1 is 1.09 bits per heavy atom. The Balaban J connectivity index is 1.74. The van der Waals surface area contributed by atoms with Gasteiger partial charge in [-0.3, -0.25) is 4.90 Å². The van der Waals surface area contributed by atoms with Crippen LogP contribution in [0.2, 0.25) is 0 Å². The lowest BCUT2D eigenvalue weighted by Crippen LogP contribution is -2.53. The molecular weight excluding hydrogens is 274 g/mol. The molecule has 3 aliphatic rings. The van der Waals surface area contributed by atoms with Crippen LogP contribution in [0.5, 0.6) is 0 Å². The van der Waals surface area contributed by atoms with Crippen molar-refractivity contribution in [2.24, 2.45) is 5.92 Å². The van der Waals surface area contributed by atoms with Crippen LogP contribution in [0.3, 0.4) is 0 Å². The van der Waals surface area contributed by atoms with E-state index in [0.29, 0.717) is 6.04 Å². The van der Waals surface area contributed by atoms with E-state index in [9.17, 15) is 4.79 Å². The van der Waals surface area contributed by atoms with Crippen molar-refractivity contribution >= 4 is 6.09 Å². The van der Waals surface area contributed by atoms with Gasteiger partial charge in [0.15, 0.2) is 0 Å². The maximum Gasteiger partial charge on any atom is 0.411 e. The molecule has 0 N–H and O–H groups in total. The molecule has 22 heavy (non-hydrogen) atoms. The van der Waals surface area contributed by atoms with E-state index in [4.69, 9.17) is 4.74 Å². The van der Waals surface area contributed by atoms with Crippen LogP contribution in [0.25, 0.3) is 0 Å². The highest BCUT2D eigenvalue weighted by molar-refractivity contribution is 5.70. The van der Waals surface area contributed by atoms with E-state index in [1.807, 2.05) is 25.7 Å². The summed E-state index contributed by atoms with van der Waals surface area (Å²) in [5.74, 6) is 0.789. The predicted octanol–water partition coefficient (Wildman–Crippen LogP) is 5.06. The molecule has 0 aromatic rings. The summed E-state index contributed by atoms with van der Waals surface area (Å²) in [7, 11) is 0. The quantitative estimate of drug-likeness (QED) is 0.634. The lowest BCUT2D eigenvalue weighted by Gasteiger charge is -2.46. The highest BCUT2D eigenvalue weighted by Crippen LogP contribution is 2.40. The summed E-state index contributed by atoms with van der Waals surface area (Å²) in [6.45, 7) is 5.86. The number of carbonyl (C=O) groups excluding carboxylic acids is 1. The first-order valence-corrected chi connectivity index (χ1v) is 9.16. The maximum atomic E-state index is 12.6. The molecule has 0 aromatic carbocycles. The molecule has 2 fully saturated rings. The molecule has 1 saturated carbocycles. The average molecular weight is 305 g/mol. The number of ether oxygens (including phenoxy) is 1. The van der Waals surface area contributed by atoms with Crippen molar-refractivity contribution in [1.82, 2.24) is 4.90 Å². The van der Waals surface area contributed by atoms with Crippen LogP contribution in [0.4, 0.5) is 4.79 Å². The minimum absolute atomic E-state index is 0.110. The molecule has 1 saturated heterocycles. The first-order valence-electron chi connectivity index (χ1n) is 9.16. The Labute approximate surface area is 135 Å². The van der Waals surface area contributed by atoms with Crippen molar-refractivity contribution in [2.75, 3.05) is 0 Å². The predicted molar refractivity (Wildman–Crippen MR) is 88.8 cm³/mol. The van der Waals surface area contributed by atoms with Crippen LogP contribution >= 0.6 is 0 Å². The SMILES string of the molecule is CC(C)(C)OC(=O)N1C2C=C(C3CCCCC3)CC1CCC2. The Morgan fingerprint density at radius 2 is 1.82 bits per heavy atom. The van der Waals surface area contributed by atoms with Gasteiger partial charge in [-0.2, -0.15) is 0 Å². The Bertz CT molecular complexity index is 443. The van der Waals surface area contributed by atoms with Gasteiger partial charge >= 0.3 is 6.09 Å². The summed E-state index contributed by atoms with van der Waals surface area (Å²) in [6, 6.07) is 0.648. The lowest BCUT2D eigenvalue weighted by atomic mass is 9.76. The van der Waals surface area contributed by atoms with Gasteiger partial charge in [-0.15, -0.1) is 0 Å². The van der Waals surface area contributed by atoms with Gasteiger partial charge in [0.05, 0.1) is 6.04 Å². The molecule has 3 rings (SSSR count). The topological polar surface area (TPSA) is 29.5 Å². The Hall–Kier alpha value is -0.990. The minimum atomic E-state index is -0.404. The zero-order valence-electron chi connectivity index (χ0n) is 14.4. The normalized spacial score (nSPS) is 30.0. The van der Waals surface area contributed by atoms with E-state index >= 15 is 0 Å². The molecule has 124 valence electrons. The summed E-state index contributed by atoms with van der Waals surface area (Å²) in [5.41, 5.74) is 1.24. The fourth-order valence-electron chi connectivity index (χ4n) is 4.44. The van der Waals surface area contributed by atoms with Gasteiger partial charge < -0.3 is 4.74 Å². The van der Waals surface area contributed by atoms with Crippen molar-refractivity contribution in [3.63, 3.8) is 0 Å². The summed E-state index contributed by atoms with van der Waals surface area (Å²) in [4.78, 5) is 14.6.